The van der Waals surface area contributed by atoms with Crippen molar-refractivity contribution >= 4 is 51.2 Å². The molecule has 176 valence electrons. The quantitative estimate of drug-likeness (QED) is 0.227. The number of ether oxygens (including phenoxy) is 2. The minimum Gasteiger partial charge on any atom is -0.490 e. The number of rotatable bonds is 8. The second-order valence-corrected chi connectivity index (χ2v) is 8.10. The van der Waals surface area contributed by atoms with Crippen molar-refractivity contribution in [3.05, 3.63) is 87.1 Å². The summed E-state index contributed by atoms with van der Waals surface area (Å²) >= 11 is 9.29. The van der Waals surface area contributed by atoms with Crippen LogP contribution in [0.4, 0.5) is 10.1 Å². The molecule has 0 unspecified atom stereocenters. The van der Waals surface area contributed by atoms with Gasteiger partial charge >= 0.3 is 11.8 Å². The Bertz CT molecular complexity index is 1220. The fourth-order valence-corrected chi connectivity index (χ4v) is 3.57. The number of halogens is 3. The van der Waals surface area contributed by atoms with Crippen LogP contribution in [-0.4, -0.2) is 24.6 Å². The van der Waals surface area contributed by atoms with Gasteiger partial charge in [0.1, 0.15) is 12.4 Å². The Hall–Kier alpha value is -3.43. The van der Waals surface area contributed by atoms with E-state index in [1.807, 2.05) is 6.92 Å². The van der Waals surface area contributed by atoms with Crippen molar-refractivity contribution in [2.75, 3.05) is 11.9 Å². The molecule has 3 aromatic rings. The Balaban J connectivity index is 1.66. The number of amides is 2. The lowest BCUT2D eigenvalue weighted by Gasteiger charge is -2.15. The van der Waals surface area contributed by atoms with Crippen LogP contribution in [0, 0.1) is 5.82 Å². The molecule has 0 radical (unpaired) electrons. The Labute approximate surface area is 209 Å². The largest absolute Gasteiger partial charge is 0.490 e. The molecule has 0 heterocycles. The van der Waals surface area contributed by atoms with E-state index >= 15 is 0 Å². The summed E-state index contributed by atoms with van der Waals surface area (Å²) in [6, 6.07) is 16.1. The van der Waals surface area contributed by atoms with Gasteiger partial charge in [-0.1, -0.05) is 35.9 Å². The molecule has 0 spiro atoms. The first kappa shape index (κ1) is 25.2. The van der Waals surface area contributed by atoms with E-state index in [4.69, 9.17) is 21.1 Å². The van der Waals surface area contributed by atoms with Gasteiger partial charge in [0.15, 0.2) is 11.5 Å². The molecule has 3 rings (SSSR count). The number of carbonyl (C=O) groups is 2. The Morgan fingerprint density at radius 2 is 1.88 bits per heavy atom. The first-order valence-corrected chi connectivity index (χ1v) is 11.3. The number of hydrogen-bond acceptors (Lipinski definition) is 5. The van der Waals surface area contributed by atoms with E-state index < -0.39 is 11.8 Å². The zero-order valence-corrected chi connectivity index (χ0v) is 20.3. The SMILES string of the molecule is CCOc1cc(C=NNC(=O)C(=O)Nc2cccc(Cl)c2)cc(Br)c1OCc1ccccc1F. The highest BCUT2D eigenvalue weighted by Crippen LogP contribution is 2.37. The predicted molar refractivity (Wildman–Crippen MR) is 132 cm³/mol. The average Bonchev–Trinajstić information content (AvgIpc) is 2.79. The summed E-state index contributed by atoms with van der Waals surface area (Å²) in [6.45, 7) is 2.19. The second-order valence-electron chi connectivity index (χ2n) is 6.81. The van der Waals surface area contributed by atoms with Crippen molar-refractivity contribution in [1.29, 1.82) is 0 Å². The van der Waals surface area contributed by atoms with Crippen molar-refractivity contribution in [3.8, 4) is 11.5 Å². The molecule has 0 aliphatic rings. The maximum absolute atomic E-state index is 13.9. The Kier molecular flexibility index (Phi) is 9.00. The highest BCUT2D eigenvalue weighted by atomic mass is 79.9. The van der Waals surface area contributed by atoms with Crippen molar-refractivity contribution in [2.45, 2.75) is 13.5 Å². The molecule has 2 N–H and O–H groups in total. The van der Waals surface area contributed by atoms with E-state index in [-0.39, 0.29) is 12.4 Å². The van der Waals surface area contributed by atoms with Crippen LogP contribution in [0.5, 0.6) is 11.5 Å². The lowest BCUT2D eigenvalue weighted by molar-refractivity contribution is -0.136. The maximum atomic E-state index is 13.9. The van der Waals surface area contributed by atoms with Crippen LogP contribution in [0.15, 0.2) is 70.2 Å². The molecule has 7 nitrogen and oxygen atoms in total. The molecular weight excluding hydrogens is 529 g/mol. The summed E-state index contributed by atoms with van der Waals surface area (Å²) in [6.07, 6.45) is 1.35. The second kappa shape index (κ2) is 12.2. The van der Waals surface area contributed by atoms with Crippen molar-refractivity contribution < 1.29 is 23.5 Å². The molecular formula is C24H20BrClFN3O4. The van der Waals surface area contributed by atoms with Gasteiger partial charge < -0.3 is 14.8 Å². The van der Waals surface area contributed by atoms with E-state index in [1.165, 1.54) is 18.3 Å². The number of hydrazone groups is 1. The number of nitrogens with zero attached hydrogens (tertiary/aromatic N) is 1. The van der Waals surface area contributed by atoms with Gasteiger partial charge in [-0.25, -0.2) is 9.82 Å². The minimum atomic E-state index is -0.954. The molecule has 0 saturated carbocycles. The summed E-state index contributed by atoms with van der Waals surface area (Å²) in [5.74, 6) is -1.42. The van der Waals surface area contributed by atoms with Crippen LogP contribution in [0.2, 0.25) is 5.02 Å². The fraction of sp³-hybridized carbons (Fsp3) is 0.125. The summed E-state index contributed by atoms with van der Waals surface area (Å²) in [5.41, 5.74) is 3.51. The van der Waals surface area contributed by atoms with E-state index in [0.29, 0.717) is 44.4 Å². The molecule has 0 bridgehead atoms. The molecule has 0 aliphatic heterocycles. The zero-order chi connectivity index (χ0) is 24.5. The van der Waals surface area contributed by atoms with Gasteiger partial charge in [-0.05, 0) is 64.8 Å². The van der Waals surface area contributed by atoms with E-state index in [2.05, 4.69) is 31.8 Å². The molecule has 34 heavy (non-hydrogen) atoms. The lowest BCUT2D eigenvalue weighted by atomic mass is 10.2. The third-order valence-electron chi connectivity index (χ3n) is 4.33. The van der Waals surface area contributed by atoms with Gasteiger partial charge in [0.05, 0.1) is 17.3 Å². The van der Waals surface area contributed by atoms with Crippen LogP contribution in [0.25, 0.3) is 0 Å². The highest BCUT2D eigenvalue weighted by molar-refractivity contribution is 9.10. The monoisotopic (exact) mass is 547 g/mol. The molecule has 0 aromatic heterocycles. The number of nitrogens with one attached hydrogen (secondary N) is 2. The standard InChI is InChI=1S/C24H20BrClFN3O4/c1-2-33-21-11-15(10-19(25)22(21)34-14-16-6-3-4-9-20(16)27)13-28-30-24(32)23(31)29-18-8-5-7-17(26)12-18/h3-13H,2,14H2,1H3,(H,29,31)(H,30,32). The minimum absolute atomic E-state index is 0.0105. The highest BCUT2D eigenvalue weighted by Gasteiger charge is 2.15. The summed E-state index contributed by atoms with van der Waals surface area (Å²) in [4.78, 5) is 24.0. The van der Waals surface area contributed by atoms with Gasteiger partial charge in [0.2, 0.25) is 0 Å². The predicted octanol–water partition coefficient (Wildman–Crippen LogP) is 5.31. The number of benzene rings is 3. The molecule has 0 aliphatic carbocycles. The Morgan fingerprint density at radius 3 is 2.62 bits per heavy atom. The summed E-state index contributed by atoms with van der Waals surface area (Å²) in [5, 5.41) is 6.67. The number of anilines is 1. The smallest absolute Gasteiger partial charge is 0.329 e. The van der Waals surface area contributed by atoms with Gasteiger partial charge in [0.25, 0.3) is 0 Å². The lowest BCUT2D eigenvalue weighted by Crippen LogP contribution is -2.32. The van der Waals surface area contributed by atoms with E-state index in [9.17, 15) is 14.0 Å². The van der Waals surface area contributed by atoms with Crippen LogP contribution in [-0.2, 0) is 16.2 Å². The molecule has 0 saturated heterocycles. The third kappa shape index (κ3) is 7.03. The van der Waals surface area contributed by atoms with Crippen molar-refractivity contribution in [3.63, 3.8) is 0 Å². The first-order valence-electron chi connectivity index (χ1n) is 10.1. The average molecular weight is 549 g/mol. The molecule has 2 amide bonds. The van der Waals surface area contributed by atoms with E-state index in [1.54, 1.807) is 48.5 Å². The van der Waals surface area contributed by atoms with Gasteiger partial charge in [-0.2, -0.15) is 5.10 Å². The van der Waals surface area contributed by atoms with Crippen molar-refractivity contribution in [2.24, 2.45) is 5.10 Å². The van der Waals surface area contributed by atoms with Crippen LogP contribution in [0.1, 0.15) is 18.1 Å². The van der Waals surface area contributed by atoms with Crippen LogP contribution < -0.4 is 20.2 Å². The maximum Gasteiger partial charge on any atom is 0.329 e. The summed E-state index contributed by atoms with van der Waals surface area (Å²) in [7, 11) is 0. The number of hydrogen-bond donors (Lipinski definition) is 2. The zero-order valence-electron chi connectivity index (χ0n) is 18.0. The normalized spacial score (nSPS) is 10.7. The first-order chi connectivity index (χ1) is 16.4. The molecule has 0 atom stereocenters. The number of carbonyl (C=O) groups excluding carboxylic acids is 2. The Morgan fingerprint density at radius 1 is 1.09 bits per heavy atom. The molecule has 10 heteroatoms. The molecule has 3 aromatic carbocycles. The summed E-state index contributed by atoms with van der Waals surface area (Å²) < 4.78 is 25.9. The van der Waals surface area contributed by atoms with Gasteiger partial charge in [-0.3, -0.25) is 9.59 Å². The van der Waals surface area contributed by atoms with Crippen LogP contribution >= 0.6 is 27.5 Å². The molecule has 0 fully saturated rings. The van der Waals surface area contributed by atoms with Gasteiger partial charge in [0, 0.05) is 16.3 Å². The third-order valence-corrected chi connectivity index (χ3v) is 5.15. The van der Waals surface area contributed by atoms with Gasteiger partial charge in [-0.15, -0.1) is 0 Å². The van der Waals surface area contributed by atoms with Crippen LogP contribution in [0.3, 0.4) is 0 Å². The topological polar surface area (TPSA) is 89.0 Å². The van der Waals surface area contributed by atoms with E-state index in [0.717, 1.165) is 0 Å². The van der Waals surface area contributed by atoms with Crippen molar-refractivity contribution in [1.82, 2.24) is 5.43 Å². The fourth-order valence-electron chi connectivity index (χ4n) is 2.80.